The fourth-order valence-electron chi connectivity index (χ4n) is 1.25. The van der Waals surface area contributed by atoms with Gasteiger partial charge in [0.25, 0.3) is 0 Å². The van der Waals surface area contributed by atoms with Crippen LogP contribution in [0.1, 0.15) is 10.6 Å². The van der Waals surface area contributed by atoms with Crippen LogP contribution in [-0.4, -0.2) is 4.98 Å². The van der Waals surface area contributed by atoms with E-state index >= 15 is 0 Å². The number of benzene rings is 1. The highest BCUT2D eigenvalue weighted by atomic mass is 32.1. The number of thiazole rings is 1. The van der Waals surface area contributed by atoms with Gasteiger partial charge in [0.05, 0.1) is 0 Å². The lowest BCUT2D eigenvalue weighted by Crippen LogP contribution is -1.96. The summed E-state index contributed by atoms with van der Waals surface area (Å²) in [5, 5.41) is 2.71. The van der Waals surface area contributed by atoms with Gasteiger partial charge in [-0.15, -0.1) is 11.3 Å². The third-order valence-corrected chi connectivity index (χ3v) is 2.85. The van der Waals surface area contributed by atoms with Gasteiger partial charge in [-0.3, -0.25) is 0 Å². The molecule has 2 N–H and O–H groups in total. The third-order valence-electron chi connectivity index (χ3n) is 2.01. The first-order chi connectivity index (χ1) is 7.25. The van der Waals surface area contributed by atoms with Crippen LogP contribution in [0.3, 0.4) is 0 Å². The Morgan fingerprint density at radius 1 is 1.40 bits per heavy atom. The second-order valence-electron chi connectivity index (χ2n) is 3.22. The van der Waals surface area contributed by atoms with Crippen molar-refractivity contribution in [2.45, 2.75) is 13.5 Å². The van der Waals surface area contributed by atoms with Crippen LogP contribution in [0.4, 0.5) is 5.82 Å². The van der Waals surface area contributed by atoms with E-state index in [-0.39, 0.29) is 0 Å². The molecule has 0 aliphatic heterocycles. The van der Waals surface area contributed by atoms with Crippen LogP contribution < -0.4 is 10.5 Å². The van der Waals surface area contributed by atoms with Gasteiger partial charge in [-0.05, 0) is 18.6 Å². The lowest BCUT2D eigenvalue weighted by Gasteiger charge is -2.06. The maximum Gasteiger partial charge on any atom is 0.140 e. The molecule has 0 saturated heterocycles. The van der Waals surface area contributed by atoms with Crippen LogP contribution in [0.25, 0.3) is 0 Å². The predicted molar refractivity (Wildman–Crippen MR) is 62.0 cm³/mol. The highest BCUT2D eigenvalue weighted by Gasteiger charge is 2.01. The van der Waals surface area contributed by atoms with Crippen molar-refractivity contribution in [3.63, 3.8) is 0 Å². The summed E-state index contributed by atoms with van der Waals surface area (Å²) in [6.45, 7) is 2.50. The molecular weight excluding hydrogens is 208 g/mol. The molecule has 0 fully saturated rings. The summed E-state index contributed by atoms with van der Waals surface area (Å²) >= 11 is 1.51. The maximum absolute atomic E-state index is 5.63. The molecule has 0 aliphatic carbocycles. The van der Waals surface area contributed by atoms with E-state index in [1.807, 2.05) is 36.6 Å². The van der Waals surface area contributed by atoms with Crippen molar-refractivity contribution in [2.75, 3.05) is 5.73 Å². The van der Waals surface area contributed by atoms with Gasteiger partial charge >= 0.3 is 0 Å². The minimum absolute atomic E-state index is 0.479. The molecule has 1 heterocycles. The average Bonchev–Trinajstić information content (AvgIpc) is 2.63. The first-order valence-electron chi connectivity index (χ1n) is 4.64. The Morgan fingerprint density at radius 2 is 2.20 bits per heavy atom. The summed E-state index contributed by atoms with van der Waals surface area (Å²) in [6.07, 6.45) is 0. The van der Waals surface area contributed by atoms with E-state index in [9.17, 15) is 0 Å². The number of ether oxygens (including phenoxy) is 1. The topological polar surface area (TPSA) is 48.1 Å². The third kappa shape index (κ3) is 2.47. The lowest BCUT2D eigenvalue weighted by atomic mass is 10.2. The number of rotatable bonds is 3. The zero-order valence-electron chi connectivity index (χ0n) is 8.43. The molecule has 4 heteroatoms. The van der Waals surface area contributed by atoms with E-state index in [2.05, 4.69) is 4.98 Å². The van der Waals surface area contributed by atoms with E-state index < -0.39 is 0 Å². The molecule has 0 bridgehead atoms. The number of nitrogen functional groups attached to an aromatic ring is 1. The Hall–Kier alpha value is -1.55. The highest BCUT2D eigenvalue weighted by molar-refractivity contribution is 7.09. The van der Waals surface area contributed by atoms with Gasteiger partial charge in [0.2, 0.25) is 0 Å². The standard InChI is InChI=1S/C11H12N2OS/c1-8-4-2-3-5-9(8)14-6-11-13-10(12)7-15-11/h2-5,7H,6,12H2,1H3. The van der Waals surface area contributed by atoms with E-state index in [1.165, 1.54) is 11.3 Å². The Bertz CT molecular complexity index is 453. The van der Waals surface area contributed by atoms with Gasteiger partial charge in [-0.25, -0.2) is 4.98 Å². The Labute approximate surface area is 92.5 Å². The normalized spacial score (nSPS) is 10.2. The molecule has 0 unspecified atom stereocenters. The molecule has 3 nitrogen and oxygen atoms in total. The summed E-state index contributed by atoms with van der Waals surface area (Å²) in [5.41, 5.74) is 6.65. The van der Waals surface area contributed by atoms with Crippen LogP contribution in [0.5, 0.6) is 5.75 Å². The van der Waals surface area contributed by atoms with Crippen LogP contribution >= 0.6 is 11.3 Å². The SMILES string of the molecule is Cc1ccccc1OCc1nc(N)cs1. The van der Waals surface area contributed by atoms with Crippen LogP contribution in [0, 0.1) is 6.92 Å². The molecule has 0 saturated carbocycles. The molecule has 78 valence electrons. The monoisotopic (exact) mass is 220 g/mol. The van der Waals surface area contributed by atoms with Crippen molar-refractivity contribution in [2.24, 2.45) is 0 Å². The van der Waals surface area contributed by atoms with Gasteiger partial charge in [-0.1, -0.05) is 18.2 Å². The molecule has 15 heavy (non-hydrogen) atoms. The number of hydrogen-bond donors (Lipinski definition) is 1. The smallest absolute Gasteiger partial charge is 0.140 e. The Balaban J connectivity index is 2.02. The highest BCUT2D eigenvalue weighted by Crippen LogP contribution is 2.19. The number of aryl methyl sites for hydroxylation is 1. The van der Waals surface area contributed by atoms with Crippen LogP contribution in [0.15, 0.2) is 29.6 Å². The van der Waals surface area contributed by atoms with E-state index in [4.69, 9.17) is 10.5 Å². The first-order valence-corrected chi connectivity index (χ1v) is 5.52. The Kier molecular flexibility index (Phi) is 2.87. The summed E-state index contributed by atoms with van der Waals surface area (Å²) in [6, 6.07) is 7.92. The zero-order chi connectivity index (χ0) is 10.7. The minimum Gasteiger partial charge on any atom is -0.486 e. The number of nitrogens with two attached hydrogens (primary N) is 1. The van der Waals surface area contributed by atoms with E-state index in [0.29, 0.717) is 12.4 Å². The predicted octanol–water partition coefficient (Wildman–Crippen LogP) is 2.61. The van der Waals surface area contributed by atoms with Gasteiger partial charge in [0.1, 0.15) is 23.2 Å². The van der Waals surface area contributed by atoms with Gasteiger partial charge in [0.15, 0.2) is 0 Å². The summed E-state index contributed by atoms with van der Waals surface area (Å²) < 4.78 is 5.63. The number of nitrogens with zero attached hydrogens (tertiary/aromatic N) is 1. The summed E-state index contributed by atoms with van der Waals surface area (Å²) in [4.78, 5) is 4.13. The van der Waals surface area contributed by atoms with Crippen LogP contribution in [0.2, 0.25) is 0 Å². The first kappa shape index (κ1) is 9.98. The van der Waals surface area contributed by atoms with Crippen molar-refractivity contribution < 1.29 is 4.74 Å². The quantitative estimate of drug-likeness (QED) is 0.865. The fraction of sp³-hybridized carbons (Fsp3) is 0.182. The zero-order valence-corrected chi connectivity index (χ0v) is 9.25. The molecule has 0 radical (unpaired) electrons. The fourth-order valence-corrected chi connectivity index (χ4v) is 1.84. The van der Waals surface area contributed by atoms with Gasteiger partial charge < -0.3 is 10.5 Å². The second-order valence-corrected chi connectivity index (χ2v) is 4.16. The van der Waals surface area contributed by atoms with Crippen molar-refractivity contribution in [3.8, 4) is 5.75 Å². The summed E-state index contributed by atoms with van der Waals surface area (Å²) in [7, 11) is 0. The number of hydrogen-bond acceptors (Lipinski definition) is 4. The van der Waals surface area contributed by atoms with Gasteiger partial charge in [-0.2, -0.15) is 0 Å². The molecule has 0 aliphatic rings. The minimum atomic E-state index is 0.479. The van der Waals surface area contributed by atoms with E-state index in [0.717, 1.165) is 16.3 Å². The van der Waals surface area contributed by atoms with Crippen molar-refractivity contribution in [1.82, 2.24) is 4.98 Å². The molecule has 2 aromatic rings. The number of para-hydroxylation sites is 1. The molecule has 0 amide bonds. The second kappa shape index (κ2) is 4.31. The molecule has 2 rings (SSSR count). The number of aromatic nitrogens is 1. The Morgan fingerprint density at radius 3 is 2.87 bits per heavy atom. The lowest BCUT2D eigenvalue weighted by molar-refractivity contribution is 0.303. The number of anilines is 1. The largest absolute Gasteiger partial charge is 0.486 e. The van der Waals surface area contributed by atoms with Crippen molar-refractivity contribution in [3.05, 3.63) is 40.2 Å². The van der Waals surface area contributed by atoms with Crippen molar-refractivity contribution >= 4 is 17.2 Å². The van der Waals surface area contributed by atoms with Crippen molar-refractivity contribution in [1.29, 1.82) is 0 Å². The maximum atomic E-state index is 5.63. The molecular formula is C11H12N2OS. The molecule has 0 spiro atoms. The summed E-state index contributed by atoms with van der Waals surface area (Å²) in [5.74, 6) is 1.45. The molecule has 1 aromatic carbocycles. The average molecular weight is 220 g/mol. The van der Waals surface area contributed by atoms with Gasteiger partial charge in [0, 0.05) is 5.38 Å². The van der Waals surface area contributed by atoms with E-state index in [1.54, 1.807) is 0 Å². The van der Waals surface area contributed by atoms with Crippen LogP contribution in [-0.2, 0) is 6.61 Å². The molecule has 1 aromatic heterocycles. The molecule has 0 atom stereocenters.